The Bertz CT molecular complexity index is 373. The Balaban J connectivity index is 2.50. The van der Waals surface area contributed by atoms with Crippen molar-refractivity contribution in [1.82, 2.24) is 5.32 Å². The van der Waals surface area contributed by atoms with Crippen LogP contribution >= 0.6 is 23.4 Å². The Morgan fingerprint density at radius 1 is 1.59 bits per heavy atom. The van der Waals surface area contributed by atoms with E-state index in [-0.39, 0.29) is 12.0 Å². The number of carbonyl (C=O) groups excluding carboxylic acids is 1. The summed E-state index contributed by atoms with van der Waals surface area (Å²) in [6.07, 6.45) is 0. The number of likely N-dealkylation sites (N-methyl/N-ethyl adjacent to an activating group) is 1. The lowest BCUT2D eigenvalue weighted by atomic mass is 10.3. The molecule has 0 amide bonds. The molecule has 0 aromatic heterocycles. The third kappa shape index (κ3) is 4.98. The Labute approximate surface area is 111 Å². The summed E-state index contributed by atoms with van der Waals surface area (Å²) in [6.45, 7) is 2.20. The first-order valence-electron chi connectivity index (χ1n) is 5.39. The van der Waals surface area contributed by atoms with Crippen molar-refractivity contribution in [1.29, 1.82) is 0 Å². The van der Waals surface area contributed by atoms with Gasteiger partial charge in [0.25, 0.3) is 0 Å². The maximum atomic E-state index is 11.5. The van der Waals surface area contributed by atoms with E-state index in [1.165, 1.54) is 0 Å². The Hall–Kier alpha value is -0.710. The molecule has 94 valence electrons. The molecule has 3 nitrogen and oxygen atoms in total. The second-order valence-electron chi connectivity index (χ2n) is 3.36. The fraction of sp³-hybridized carbons (Fsp3) is 0.417. The topological polar surface area (TPSA) is 38.3 Å². The fourth-order valence-corrected chi connectivity index (χ4v) is 2.55. The number of hydrogen-bond donors (Lipinski definition) is 1. The van der Waals surface area contributed by atoms with Crippen LogP contribution in [0, 0.1) is 0 Å². The van der Waals surface area contributed by atoms with Gasteiger partial charge in [-0.15, -0.1) is 11.8 Å². The number of nitrogens with one attached hydrogen (secondary N) is 1. The average molecular weight is 274 g/mol. The van der Waals surface area contributed by atoms with Gasteiger partial charge in [0.1, 0.15) is 6.04 Å². The van der Waals surface area contributed by atoms with Crippen LogP contribution in [0.15, 0.2) is 29.2 Å². The van der Waals surface area contributed by atoms with Crippen molar-refractivity contribution in [3.63, 3.8) is 0 Å². The van der Waals surface area contributed by atoms with E-state index in [0.29, 0.717) is 17.4 Å². The van der Waals surface area contributed by atoms with E-state index in [2.05, 4.69) is 5.32 Å². The van der Waals surface area contributed by atoms with Crippen molar-refractivity contribution in [3.8, 4) is 0 Å². The summed E-state index contributed by atoms with van der Waals surface area (Å²) in [5.74, 6) is 0.403. The van der Waals surface area contributed by atoms with Gasteiger partial charge < -0.3 is 10.1 Å². The molecule has 0 saturated heterocycles. The van der Waals surface area contributed by atoms with E-state index < -0.39 is 0 Å². The van der Waals surface area contributed by atoms with Gasteiger partial charge in [0.05, 0.1) is 6.61 Å². The second-order valence-corrected chi connectivity index (χ2v) is 4.89. The van der Waals surface area contributed by atoms with E-state index in [4.69, 9.17) is 16.3 Å². The van der Waals surface area contributed by atoms with Gasteiger partial charge in [0, 0.05) is 15.7 Å². The number of thioether (sulfide) groups is 1. The number of ether oxygens (including phenoxy) is 1. The molecule has 0 heterocycles. The molecule has 5 heteroatoms. The molecule has 1 rings (SSSR count). The van der Waals surface area contributed by atoms with Gasteiger partial charge >= 0.3 is 5.97 Å². The van der Waals surface area contributed by atoms with Crippen LogP contribution in [0.5, 0.6) is 0 Å². The third-order valence-corrected chi connectivity index (χ3v) is 3.45. The minimum atomic E-state index is -0.293. The van der Waals surface area contributed by atoms with Crippen LogP contribution < -0.4 is 5.32 Å². The molecule has 1 unspecified atom stereocenters. The number of rotatable bonds is 6. The molecule has 0 spiro atoms. The maximum absolute atomic E-state index is 11.5. The summed E-state index contributed by atoms with van der Waals surface area (Å²) in [5, 5.41) is 3.64. The summed E-state index contributed by atoms with van der Waals surface area (Å²) >= 11 is 7.46. The highest BCUT2D eigenvalue weighted by Gasteiger charge is 2.17. The van der Waals surface area contributed by atoms with Crippen LogP contribution in [0.3, 0.4) is 0 Å². The molecule has 1 aromatic carbocycles. The first-order chi connectivity index (χ1) is 8.17. The molecule has 1 atom stereocenters. The molecular weight excluding hydrogens is 258 g/mol. The van der Waals surface area contributed by atoms with Crippen molar-refractivity contribution in [2.45, 2.75) is 17.9 Å². The molecule has 0 aliphatic rings. The van der Waals surface area contributed by atoms with Crippen LogP contribution in [-0.2, 0) is 9.53 Å². The van der Waals surface area contributed by atoms with Crippen molar-refractivity contribution < 1.29 is 9.53 Å². The van der Waals surface area contributed by atoms with Crippen LogP contribution in [0.4, 0.5) is 0 Å². The molecule has 1 N–H and O–H groups in total. The van der Waals surface area contributed by atoms with E-state index in [1.54, 1.807) is 25.7 Å². The van der Waals surface area contributed by atoms with Gasteiger partial charge in [0.15, 0.2) is 0 Å². The number of carbonyl (C=O) groups is 1. The van der Waals surface area contributed by atoms with Crippen LogP contribution in [0.1, 0.15) is 6.92 Å². The summed E-state index contributed by atoms with van der Waals surface area (Å²) < 4.78 is 4.97. The first kappa shape index (κ1) is 14.4. The maximum Gasteiger partial charge on any atom is 0.323 e. The smallest absolute Gasteiger partial charge is 0.323 e. The molecule has 1 aromatic rings. The SMILES string of the molecule is CCOC(=O)C(CSc1cccc(Cl)c1)NC. The molecule has 0 fully saturated rings. The first-order valence-corrected chi connectivity index (χ1v) is 6.76. The van der Waals surface area contributed by atoms with Gasteiger partial charge in [-0.05, 0) is 32.2 Å². The van der Waals surface area contributed by atoms with Crippen molar-refractivity contribution in [2.75, 3.05) is 19.4 Å². The second kappa shape index (κ2) is 7.58. The predicted molar refractivity (Wildman–Crippen MR) is 71.7 cm³/mol. The lowest BCUT2D eigenvalue weighted by Crippen LogP contribution is -2.37. The molecule has 0 aliphatic carbocycles. The summed E-state index contributed by atoms with van der Waals surface area (Å²) in [6, 6.07) is 7.27. The minimum absolute atomic E-state index is 0.218. The fourth-order valence-electron chi connectivity index (χ4n) is 1.25. The van der Waals surface area contributed by atoms with Gasteiger partial charge in [-0.1, -0.05) is 17.7 Å². The molecule has 0 radical (unpaired) electrons. The van der Waals surface area contributed by atoms with Gasteiger partial charge in [-0.3, -0.25) is 4.79 Å². The van der Waals surface area contributed by atoms with Crippen molar-refractivity contribution >= 4 is 29.3 Å². The monoisotopic (exact) mass is 273 g/mol. The number of benzene rings is 1. The van der Waals surface area contributed by atoms with E-state index in [1.807, 2.05) is 24.3 Å². The highest BCUT2D eigenvalue weighted by Crippen LogP contribution is 2.22. The highest BCUT2D eigenvalue weighted by molar-refractivity contribution is 7.99. The summed E-state index contributed by atoms with van der Waals surface area (Å²) in [7, 11) is 1.75. The number of halogens is 1. The third-order valence-electron chi connectivity index (χ3n) is 2.13. The van der Waals surface area contributed by atoms with Crippen LogP contribution in [-0.4, -0.2) is 31.4 Å². The number of hydrogen-bond acceptors (Lipinski definition) is 4. The summed E-state index contributed by atoms with van der Waals surface area (Å²) in [5.41, 5.74) is 0. The Morgan fingerprint density at radius 2 is 2.35 bits per heavy atom. The average Bonchev–Trinajstić information content (AvgIpc) is 2.30. The quantitative estimate of drug-likeness (QED) is 0.639. The molecule has 0 saturated carbocycles. The normalized spacial score (nSPS) is 12.2. The van der Waals surface area contributed by atoms with Crippen molar-refractivity contribution in [3.05, 3.63) is 29.3 Å². The van der Waals surface area contributed by atoms with Gasteiger partial charge in [0.2, 0.25) is 0 Å². The van der Waals surface area contributed by atoms with Crippen LogP contribution in [0.2, 0.25) is 5.02 Å². The van der Waals surface area contributed by atoms with Gasteiger partial charge in [-0.2, -0.15) is 0 Å². The molecule has 0 aliphatic heterocycles. The highest BCUT2D eigenvalue weighted by atomic mass is 35.5. The Morgan fingerprint density at radius 3 is 2.94 bits per heavy atom. The lowest BCUT2D eigenvalue weighted by Gasteiger charge is -2.14. The zero-order chi connectivity index (χ0) is 12.7. The minimum Gasteiger partial charge on any atom is -0.465 e. The number of esters is 1. The standard InChI is InChI=1S/C12H16ClNO2S/c1-3-16-12(15)11(14-2)8-17-10-6-4-5-9(13)7-10/h4-7,11,14H,3,8H2,1-2H3. The Kier molecular flexibility index (Phi) is 6.40. The van der Waals surface area contributed by atoms with Crippen molar-refractivity contribution in [2.24, 2.45) is 0 Å². The van der Waals surface area contributed by atoms with Gasteiger partial charge in [-0.25, -0.2) is 0 Å². The largest absolute Gasteiger partial charge is 0.465 e. The zero-order valence-corrected chi connectivity index (χ0v) is 11.5. The lowest BCUT2D eigenvalue weighted by molar-refractivity contribution is -0.144. The zero-order valence-electron chi connectivity index (χ0n) is 9.90. The molecule has 0 bridgehead atoms. The van der Waals surface area contributed by atoms with Crippen LogP contribution in [0.25, 0.3) is 0 Å². The van der Waals surface area contributed by atoms with E-state index in [0.717, 1.165) is 4.90 Å². The summed E-state index contributed by atoms with van der Waals surface area (Å²) in [4.78, 5) is 12.6. The van der Waals surface area contributed by atoms with E-state index in [9.17, 15) is 4.79 Å². The van der Waals surface area contributed by atoms with E-state index >= 15 is 0 Å². The molecule has 17 heavy (non-hydrogen) atoms. The predicted octanol–water partition coefficient (Wildman–Crippen LogP) is 2.58. The molecular formula is C12H16ClNO2S.